The Labute approximate surface area is 157 Å². The normalized spacial score (nSPS) is 14.9. The molecule has 2 heterocycles. The van der Waals surface area contributed by atoms with Crippen molar-refractivity contribution in [1.29, 1.82) is 0 Å². The minimum absolute atomic E-state index is 0.153. The Hall–Kier alpha value is -1.72. The Balaban J connectivity index is 1.40. The highest BCUT2D eigenvalue weighted by Crippen LogP contribution is 2.26. The summed E-state index contributed by atoms with van der Waals surface area (Å²) in [5.74, 6) is 0.0577. The number of urea groups is 1. The number of thiazole rings is 1. The molecule has 3 rings (SSSR count). The molecule has 0 aliphatic heterocycles. The zero-order valence-electron chi connectivity index (χ0n) is 13.4. The van der Waals surface area contributed by atoms with Gasteiger partial charge in [-0.05, 0) is 12.8 Å². The van der Waals surface area contributed by atoms with Crippen LogP contribution in [0.15, 0.2) is 15.9 Å². The summed E-state index contributed by atoms with van der Waals surface area (Å²) in [6, 6.07) is -0.00816. The SMILES string of the molecule is O=C(CSc1nnc(NC(=O)NC2CCCCC2)s1)Nc1nccs1. The molecule has 0 aromatic carbocycles. The van der Waals surface area contributed by atoms with Crippen LogP contribution in [0, 0.1) is 0 Å². The van der Waals surface area contributed by atoms with Gasteiger partial charge in [-0.1, -0.05) is 42.4 Å². The first-order valence-corrected chi connectivity index (χ1v) is 10.6. The molecule has 8 nitrogen and oxygen atoms in total. The maximum absolute atomic E-state index is 12.0. The molecular weight excluding hydrogens is 380 g/mol. The average molecular weight is 399 g/mol. The van der Waals surface area contributed by atoms with Crippen LogP contribution in [0.4, 0.5) is 15.1 Å². The molecule has 1 fully saturated rings. The fourth-order valence-corrected chi connectivity index (χ4v) is 4.54. The standard InChI is InChI=1S/C14H18N6O2S3/c21-10(17-12-15-6-7-23-12)8-24-14-20-19-13(25-14)18-11(22)16-9-4-2-1-3-5-9/h6-7,9H,1-5,8H2,(H,15,17,21)(H2,16,18,19,22). The predicted octanol–water partition coefficient (Wildman–Crippen LogP) is 3.18. The number of amides is 3. The van der Waals surface area contributed by atoms with Crippen molar-refractivity contribution in [2.75, 3.05) is 16.4 Å². The summed E-state index contributed by atoms with van der Waals surface area (Å²) in [4.78, 5) is 27.8. The quantitative estimate of drug-likeness (QED) is 0.509. The number of rotatable bonds is 6. The van der Waals surface area contributed by atoms with Crippen molar-refractivity contribution in [3.05, 3.63) is 11.6 Å². The van der Waals surface area contributed by atoms with Crippen LogP contribution in [0.25, 0.3) is 0 Å². The van der Waals surface area contributed by atoms with Crippen LogP contribution < -0.4 is 16.0 Å². The van der Waals surface area contributed by atoms with Gasteiger partial charge in [0, 0.05) is 17.6 Å². The van der Waals surface area contributed by atoms with Gasteiger partial charge in [-0.3, -0.25) is 10.1 Å². The van der Waals surface area contributed by atoms with Gasteiger partial charge in [0.15, 0.2) is 9.47 Å². The molecule has 2 aromatic heterocycles. The third-order valence-corrected chi connectivity index (χ3v) is 6.23. The van der Waals surface area contributed by atoms with Gasteiger partial charge in [0.05, 0.1) is 5.75 Å². The van der Waals surface area contributed by atoms with Crippen LogP contribution in [0.5, 0.6) is 0 Å². The molecule has 0 spiro atoms. The van der Waals surface area contributed by atoms with Crippen molar-refractivity contribution >= 4 is 56.6 Å². The van der Waals surface area contributed by atoms with Crippen molar-refractivity contribution < 1.29 is 9.59 Å². The minimum atomic E-state index is -0.249. The van der Waals surface area contributed by atoms with Gasteiger partial charge in [-0.15, -0.1) is 21.5 Å². The van der Waals surface area contributed by atoms with Crippen LogP contribution in [0.1, 0.15) is 32.1 Å². The third kappa shape index (κ3) is 5.94. The van der Waals surface area contributed by atoms with E-state index in [1.54, 1.807) is 11.6 Å². The summed E-state index contributed by atoms with van der Waals surface area (Å²) >= 11 is 3.89. The second kappa shape index (κ2) is 9.11. The first-order chi connectivity index (χ1) is 12.2. The summed E-state index contributed by atoms with van der Waals surface area (Å²) in [5, 5.41) is 19.1. The van der Waals surface area contributed by atoms with Gasteiger partial charge in [0.1, 0.15) is 0 Å². The summed E-state index contributed by atoms with van der Waals surface area (Å²) in [6.07, 6.45) is 7.25. The molecule has 0 bridgehead atoms. The Kier molecular flexibility index (Phi) is 6.59. The molecule has 1 aliphatic rings. The van der Waals surface area contributed by atoms with Crippen molar-refractivity contribution in [2.24, 2.45) is 0 Å². The van der Waals surface area contributed by atoms with E-state index in [0.717, 1.165) is 25.7 Å². The highest BCUT2D eigenvalue weighted by Gasteiger charge is 2.17. The van der Waals surface area contributed by atoms with E-state index in [9.17, 15) is 9.59 Å². The van der Waals surface area contributed by atoms with Gasteiger partial charge in [-0.25, -0.2) is 9.78 Å². The second-order valence-corrected chi connectivity index (χ2v) is 8.58. The zero-order chi connectivity index (χ0) is 17.5. The summed E-state index contributed by atoms with van der Waals surface area (Å²) in [7, 11) is 0. The number of aromatic nitrogens is 3. The van der Waals surface area contributed by atoms with Crippen LogP contribution in [0.3, 0.4) is 0 Å². The summed E-state index contributed by atoms with van der Waals surface area (Å²) < 4.78 is 0.627. The van der Waals surface area contributed by atoms with Gasteiger partial charge >= 0.3 is 6.03 Å². The van der Waals surface area contributed by atoms with E-state index in [2.05, 4.69) is 31.1 Å². The molecule has 0 atom stereocenters. The smallest absolute Gasteiger partial charge is 0.321 e. The maximum atomic E-state index is 12.0. The Morgan fingerprint density at radius 1 is 1.16 bits per heavy atom. The van der Waals surface area contributed by atoms with Crippen molar-refractivity contribution in [3.8, 4) is 0 Å². The first kappa shape index (κ1) is 18.1. The van der Waals surface area contributed by atoms with Gasteiger partial charge in [-0.2, -0.15) is 0 Å². The Bertz CT molecular complexity index is 699. The average Bonchev–Trinajstić information content (AvgIpc) is 3.26. The number of nitrogens with one attached hydrogen (secondary N) is 3. The molecule has 1 saturated carbocycles. The molecular formula is C14H18N6O2S3. The van der Waals surface area contributed by atoms with E-state index in [1.807, 2.05) is 0 Å². The summed E-state index contributed by atoms with van der Waals surface area (Å²) in [5.41, 5.74) is 0. The van der Waals surface area contributed by atoms with Crippen LogP contribution in [-0.2, 0) is 4.79 Å². The number of carbonyl (C=O) groups is 2. The van der Waals surface area contributed by atoms with Crippen LogP contribution in [-0.4, -0.2) is 38.9 Å². The van der Waals surface area contributed by atoms with Gasteiger partial charge < -0.3 is 10.6 Å². The molecule has 2 aromatic rings. The fraction of sp³-hybridized carbons (Fsp3) is 0.500. The molecule has 1 aliphatic carbocycles. The fourth-order valence-electron chi connectivity index (χ4n) is 2.45. The lowest BCUT2D eigenvalue weighted by Gasteiger charge is -2.22. The lowest BCUT2D eigenvalue weighted by Crippen LogP contribution is -2.38. The topological polar surface area (TPSA) is 109 Å². The van der Waals surface area contributed by atoms with Gasteiger partial charge in [0.2, 0.25) is 11.0 Å². The van der Waals surface area contributed by atoms with Crippen molar-refractivity contribution in [2.45, 2.75) is 42.5 Å². The zero-order valence-corrected chi connectivity index (χ0v) is 15.8. The Morgan fingerprint density at radius 3 is 2.76 bits per heavy atom. The number of carbonyl (C=O) groups excluding carboxylic acids is 2. The third-order valence-electron chi connectivity index (χ3n) is 3.57. The van der Waals surface area contributed by atoms with E-state index in [4.69, 9.17) is 0 Å². The number of nitrogens with zero attached hydrogens (tertiary/aromatic N) is 3. The molecule has 3 amide bonds. The van der Waals surface area contributed by atoms with E-state index in [0.29, 0.717) is 14.6 Å². The van der Waals surface area contributed by atoms with Crippen LogP contribution in [0.2, 0.25) is 0 Å². The molecule has 3 N–H and O–H groups in total. The van der Waals surface area contributed by atoms with Gasteiger partial charge in [0.25, 0.3) is 0 Å². The monoisotopic (exact) mass is 398 g/mol. The van der Waals surface area contributed by atoms with Crippen molar-refractivity contribution in [1.82, 2.24) is 20.5 Å². The van der Waals surface area contributed by atoms with E-state index < -0.39 is 0 Å². The largest absolute Gasteiger partial charge is 0.335 e. The first-order valence-electron chi connectivity index (χ1n) is 7.92. The van der Waals surface area contributed by atoms with E-state index in [-0.39, 0.29) is 23.7 Å². The molecule has 11 heteroatoms. The van der Waals surface area contributed by atoms with Crippen LogP contribution >= 0.6 is 34.4 Å². The molecule has 0 radical (unpaired) electrons. The number of thioether (sulfide) groups is 1. The Morgan fingerprint density at radius 2 is 2.00 bits per heavy atom. The summed E-state index contributed by atoms with van der Waals surface area (Å²) in [6.45, 7) is 0. The minimum Gasteiger partial charge on any atom is -0.335 e. The molecule has 0 saturated heterocycles. The predicted molar refractivity (Wildman–Crippen MR) is 100 cm³/mol. The maximum Gasteiger partial charge on any atom is 0.321 e. The molecule has 25 heavy (non-hydrogen) atoms. The van der Waals surface area contributed by atoms with Crippen molar-refractivity contribution in [3.63, 3.8) is 0 Å². The lowest BCUT2D eigenvalue weighted by molar-refractivity contribution is -0.113. The number of hydrogen-bond donors (Lipinski definition) is 3. The molecule has 134 valence electrons. The highest BCUT2D eigenvalue weighted by molar-refractivity contribution is 8.01. The number of hydrogen-bond acceptors (Lipinski definition) is 8. The van der Waals surface area contributed by atoms with E-state index >= 15 is 0 Å². The van der Waals surface area contributed by atoms with E-state index in [1.165, 1.54) is 40.9 Å². The highest BCUT2D eigenvalue weighted by atomic mass is 32.2. The molecule has 0 unspecified atom stereocenters. The lowest BCUT2D eigenvalue weighted by atomic mass is 9.96. The second-order valence-electron chi connectivity index (χ2n) is 5.48. The number of anilines is 2.